The number of hydrogen-bond acceptors (Lipinski definition) is 2. The van der Waals surface area contributed by atoms with Gasteiger partial charge in [-0.05, 0) is 37.5 Å². The van der Waals surface area contributed by atoms with Crippen LogP contribution in [-0.4, -0.2) is 23.3 Å². The zero-order valence-electron chi connectivity index (χ0n) is 12.6. The summed E-state index contributed by atoms with van der Waals surface area (Å²) >= 11 is 0. The Hall–Kier alpha value is -0.0800. The lowest BCUT2D eigenvalue weighted by Crippen LogP contribution is -2.62. The molecule has 2 fully saturated rings. The normalized spacial score (nSPS) is 39.7. The van der Waals surface area contributed by atoms with E-state index in [1.54, 1.807) is 0 Å². The minimum Gasteiger partial charge on any atom is -0.392 e. The van der Waals surface area contributed by atoms with Gasteiger partial charge in [0.25, 0.3) is 0 Å². The molecule has 2 aliphatic rings. The van der Waals surface area contributed by atoms with E-state index < -0.39 is 0 Å². The SMILES string of the molecule is CC(C)CC1CCCC(NC2CC(O)C2(C)C)C1. The van der Waals surface area contributed by atoms with Gasteiger partial charge in [-0.1, -0.05) is 40.5 Å². The third-order valence-electron chi connectivity index (χ3n) is 5.24. The van der Waals surface area contributed by atoms with Crippen LogP contribution in [0.2, 0.25) is 0 Å². The van der Waals surface area contributed by atoms with Crippen LogP contribution in [-0.2, 0) is 0 Å². The Kier molecular flexibility index (Phi) is 4.38. The van der Waals surface area contributed by atoms with Gasteiger partial charge < -0.3 is 10.4 Å². The fourth-order valence-electron chi connectivity index (χ4n) is 3.79. The zero-order chi connectivity index (χ0) is 13.3. The van der Waals surface area contributed by atoms with E-state index in [0.717, 1.165) is 18.3 Å². The van der Waals surface area contributed by atoms with Crippen molar-refractivity contribution in [1.29, 1.82) is 0 Å². The maximum Gasteiger partial charge on any atom is 0.0621 e. The van der Waals surface area contributed by atoms with Gasteiger partial charge in [0.1, 0.15) is 0 Å². The highest BCUT2D eigenvalue weighted by molar-refractivity contribution is 5.03. The van der Waals surface area contributed by atoms with Crippen molar-refractivity contribution in [2.24, 2.45) is 17.3 Å². The first-order chi connectivity index (χ1) is 8.39. The molecule has 106 valence electrons. The molecule has 0 spiro atoms. The van der Waals surface area contributed by atoms with Crippen LogP contribution in [0.4, 0.5) is 0 Å². The molecule has 4 unspecified atom stereocenters. The van der Waals surface area contributed by atoms with Crippen LogP contribution in [0.15, 0.2) is 0 Å². The summed E-state index contributed by atoms with van der Waals surface area (Å²) in [6.45, 7) is 9.05. The molecule has 2 saturated carbocycles. The van der Waals surface area contributed by atoms with Crippen molar-refractivity contribution in [3.05, 3.63) is 0 Å². The monoisotopic (exact) mass is 253 g/mol. The molecule has 0 aromatic rings. The summed E-state index contributed by atoms with van der Waals surface area (Å²) in [6, 6.07) is 1.22. The summed E-state index contributed by atoms with van der Waals surface area (Å²) in [5, 5.41) is 13.6. The Bertz CT molecular complexity index is 274. The summed E-state index contributed by atoms with van der Waals surface area (Å²) in [5.74, 6) is 1.75. The van der Waals surface area contributed by atoms with Gasteiger partial charge in [-0.25, -0.2) is 0 Å². The molecular weight excluding hydrogens is 222 g/mol. The second-order valence-corrected chi connectivity index (χ2v) is 7.65. The van der Waals surface area contributed by atoms with E-state index in [4.69, 9.17) is 0 Å². The van der Waals surface area contributed by atoms with Gasteiger partial charge in [-0.3, -0.25) is 0 Å². The summed E-state index contributed by atoms with van der Waals surface area (Å²) in [7, 11) is 0. The molecule has 4 atom stereocenters. The van der Waals surface area contributed by atoms with E-state index in [2.05, 4.69) is 33.0 Å². The quantitative estimate of drug-likeness (QED) is 0.805. The second kappa shape index (κ2) is 5.50. The predicted molar refractivity (Wildman–Crippen MR) is 76.5 cm³/mol. The topological polar surface area (TPSA) is 32.3 Å². The van der Waals surface area contributed by atoms with E-state index in [1.165, 1.54) is 32.1 Å². The molecule has 2 heteroatoms. The van der Waals surface area contributed by atoms with Crippen molar-refractivity contribution in [3.8, 4) is 0 Å². The van der Waals surface area contributed by atoms with Gasteiger partial charge in [-0.2, -0.15) is 0 Å². The fourth-order valence-corrected chi connectivity index (χ4v) is 3.79. The third kappa shape index (κ3) is 3.08. The van der Waals surface area contributed by atoms with Crippen LogP contribution in [0.3, 0.4) is 0 Å². The fraction of sp³-hybridized carbons (Fsp3) is 1.00. The highest BCUT2D eigenvalue weighted by atomic mass is 16.3. The molecule has 0 aromatic carbocycles. The Morgan fingerprint density at radius 3 is 2.50 bits per heavy atom. The number of rotatable bonds is 4. The Balaban J connectivity index is 1.80. The second-order valence-electron chi connectivity index (χ2n) is 7.65. The molecule has 2 N–H and O–H groups in total. The van der Waals surface area contributed by atoms with Crippen molar-refractivity contribution in [1.82, 2.24) is 5.32 Å². The molecule has 0 aromatic heterocycles. The first-order valence-corrected chi connectivity index (χ1v) is 7.83. The van der Waals surface area contributed by atoms with Crippen LogP contribution in [0.5, 0.6) is 0 Å². The minimum atomic E-state index is -0.106. The van der Waals surface area contributed by atoms with Gasteiger partial charge in [0.05, 0.1) is 6.10 Å². The van der Waals surface area contributed by atoms with E-state index >= 15 is 0 Å². The van der Waals surface area contributed by atoms with Crippen molar-refractivity contribution in [3.63, 3.8) is 0 Å². The predicted octanol–water partition coefficient (Wildman–Crippen LogP) is 3.34. The van der Waals surface area contributed by atoms with E-state index in [9.17, 15) is 5.11 Å². The standard InChI is InChI=1S/C16H31NO/c1-11(2)8-12-6-5-7-13(9-12)17-14-10-15(18)16(14,3)4/h11-15,17-18H,5-10H2,1-4H3. The molecule has 0 aliphatic heterocycles. The number of hydrogen-bond donors (Lipinski definition) is 2. The van der Waals surface area contributed by atoms with Crippen molar-refractivity contribution in [2.75, 3.05) is 0 Å². The Morgan fingerprint density at radius 1 is 1.22 bits per heavy atom. The van der Waals surface area contributed by atoms with Crippen LogP contribution in [0.1, 0.15) is 66.2 Å². The Labute approximate surface area is 113 Å². The Morgan fingerprint density at radius 2 is 1.94 bits per heavy atom. The van der Waals surface area contributed by atoms with Gasteiger partial charge in [0, 0.05) is 17.5 Å². The van der Waals surface area contributed by atoms with Crippen LogP contribution >= 0.6 is 0 Å². The van der Waals surface area contributed by atoms with E-state index in [0.29, 0.717) is 12.1 Å². The first kappa shape index (κ1) is 14.3. The molecular formula is C16H31NO. The zero-order valence-corrected chi connectivity index (χ0v) is 12.6. The lowest BCUT2D eigenvalue weighted by atomic mass is 9.64. The molecule has 0 heterocycles. The maximum absolute atomic E-state index is 9.81. The number of aliphatic hydroxyl groups excluding tert-OH is 1. The molecule has 2 nitrogen and oxygen atoms in total. The van der Waals surface area contributed by atoms with Gasteiger partial charge >= 0.3 is 0 Å². The molecule has 0 amide bonds. The van der Waals surface area contributed by atoms with Crippen molar-refractivity contribution in [2.45, 2.75) is 84.4 Å². The van der Waals surface area contributed by atoms with E-state index in [-0.39, 0.29) is 11.5 Å². The first-order valence-electron chi connectivity index (χ1n) is 7.83. The van der Waals surface area contributed by atoms with Crippen molar-refractivity contribution < 1.29 is 5.11 Å². The number of nitrogens with one attached hydrogen (secondary N) is 1. The smallest absolute Gasteiger partial charge is 0.0621 e. The molecule has 18 heavy (non-hydrogen) atoms. The summed E-state index contributed by atoms with van der Waals surface area (Å²) in [6.07, 6.45) is 7.70. The molecule has 2 aliphatic carbocycles. The molecule has 2 rings (SSSR count). The maximum atomic E-state index is 9.81. The van der Waals surface area contributed by atoms with Crippen LogP contribution < -0.4 is 5.32 Å². The average molecular weight is 253 g/mol. The highest BCUT2D eigenvalue weighted by Gasteiger charge is 2.47. The molecule has 0 radical (unpaired) electrons. The van der Waals surface area contributed by atoms with E-state index in [1.807, 2.05) is 0 Å². The van der Waals surface area contributed by atoms with Crippen LogP contribution in [0.25, 0.3) is 0 Å². The van der Waals surface area contributed by atoms with Crippen molar-refractivity contribution >= 4 is 0 Å². The minimum absolute atomic E-state index is 0.0744. The van der Waals surface area contributed by atoms with Gasteiger partial charge in [0.15, 0.2) is 0 Å². The number of aliphatic hydroxyl groups is 1. The highest BCUT2D eigenvalue weighted by Crippen LogP contribution is 2.41. The summed E-state index contributed by atoms with van der Waals surface area (Å²) in [4.78, 5) is 0. The third-order valence-corrected chi connectivity index (χ3v) is 5.24. The molecule has 0 saturated heterocycles. The van der Waals surface area contributed by atoms with Crippen LogP contribution in [0, 0.1) is 17.3 Å². The molecule has 0 bridgehead atoms. The van der Waals surface area contributed by atoms with Gasteiger partial charge in [-0.15, -0.1) is 0 Å². The largest absolute Gasteiger partial charge is 0.392 e. The average Bonchev–Trinajstić information content (AvgIpc) is 2.28. The summed E-state index contributed by atoms with van der Waals surface area (Å²) < 4.78 is 0. The lowest BCUT2D eigenvalue weighted by Gasteiger charge is -2.51. The van der Waals surface area contributed by atoms with Gasteiger partial charge in [0.2, 0.25) is 0 Å². The lowest BCUT2D eigenvalue weighted by molar-refractivity contribution is -0.0777. The summed E-state index contributed by atoms with van der Waals surface area (Å²) in [5.41, 5.74) is 0.0744.